The second-order valence-electron chi connectivity index (χ2n) is 6.61. The molecule has 0 aliphatic carbocycles. The number of amides is 1. The molecule has 8 nitrogen and oxygen atoms in total. The smallest absolute Gasteiger partial charge is 0.349 e. The number of nitrogens with zero attached hydrogens (tertiary/aromatic N) is 1. The second kappa shape index (κ2) is 9.21. The van der Waals surface area contributed by atoms with Gasteiger partial charge in [0.2, 0.25) is 0 Å². The number of fused-ring (bicyclic) bond motifs is 1. The van der Waals surface area contributed by atoms with Crippen molar-refractivity contribution in [1.29, 1.82) is 0 Å². The number of rotatable bonds is 7. The zero-order valence-corrected chi connectivity index (χ0v) is 17.0. The van der Waals surface area contributed by atoms with Crippen molar-refractivity contribution in [2.45, 2.75) is 33.4 Å². The standard InChI is InChI=1S/C22H22N2O6/c1-4-19(25)29-12-15-11-23-13(2)20-17(15)9-18(22(27)30-20)21(26)24-10-14-6-5-7-16(8-14)28-3/h5-9,11H,4,10,12H2,1-3H3,(H,24,26). The lowest BCUT2D eigenvalue weighted by Crippen LogP contribution is -2.28. The molecule has 0 atom stereocenters. The van der Waals surface area contributed by atoms with Gasteiger partial charge in [-0.15, -0.1) is 0 Å². The van der Waals surface area contributed by atoms with Gasteiger partial charge in [-0.3, -0.25) is 14.6 Å². The molecule has 2 heterocycles. The third-order valence-corrected chi connectivity index (χ3v) is 4.55. The minimum absolute atomic E-state index is 0.0327. The van der Waals surface area contributed by atoms with Crippen LogP contribution in [0.25, 0.3) is 11.0 Å². The molecule has 1 aromatic carbocycles. The topological polar surface area (TPSA) is 108 Å². The maximum atomic E-state index is 12.6. The summed E-state index contributed by atoms with van der Waals surface area (Å²) in [5.74, 6) is -0.266. The first-order valence-electron chi connectivity index (χ1n) is 9.42. The Kier molecular flexibility index (Phi) is 6.46. The van der Waals surface area contributed by atoms with Crippen LogP contribution in [0, 0.1) is 6.92 Å². The van der Waals surface area contributed by atoms with Gasteiger partial charge in [-0.05, 0) is 30.7 Å². The molecule has 0 spiro atoms. The van der Waals surface area contributed by atoms with Crippen LogP contribution in [0.5, 0.6) is 5.75 Å². The summed E-state index contributed by atoms with van der Waals surface area (Å²) in [5.41, 5.74) is 1.21. The molecule has 0 bridgehead atoms. The van der Waals surface area contributed by atoms with Crippen LogP contribution in [0.2, 0.25) is 0 Å². The summed E-state index contributed by atoms with van der Waals surface area (Å²) in [5, 5.41) is 3.21. The number of hydrogen-bond donors (Lipinski definition) is 1. The Morgan fingerprint density at radius 3 is 2.77 bits per heavy atom. The normalized spacial score (nSPS) is 10.6. The van der Waals surface area contributed by atoms with Gasteiger partial charge in [-0.2, -0.15) is 0 Å². The lowest BCUT2D eigenvalue weighted by molar-refractivity contribution is -0.144. The monoisotopic (exact) mass is 410 g/mol. The first-order valence-corrected chi connectivity index (χ1v) is 9.42. The number of benzene rings is 1. The van der Waals surface area contributed by atoms with Gasteiger partial charge in [0.1, 0.15) is 17.9 Å². The Bertz CT molecular complexity index is 1150. The molecule has 0 saturated carbocycles. The molecule has 30 heavy (non-hydrogen) atoms. The highest BCUT2D eigenvalue weighted by molar-refractivity contribution is 5.97. The zero-order chi connectivity index (χ0) is 21.7. The molecule has 2 aromatic heterocycles. The highest BCUT2D eigenvalue weighted by Gasteiger charge is 2.17. The molecule has 0 aliphatic rings. The summed E-state index contributed by atoms with van der Waals surface area (Å²) >= 11 is 0. The van der Waals surface area contributed by atoms with Gasteiger partial charge in [0, 0.05) is 30.1 Å². The fraction of sp³-hybridized carbons (Fsp3) is 0.273. The molecule has 0 saturated heterocycles. The zero-order valence-electron chi connectivity index (χ0n) is 17.0. The largest absolute Gasteiger partial charge is 0.497 e. The molecule has 8 heteroatoms. The van der Waals surface area contributed by atoms with Crippen molar-refractivity contribution >= 4 is 22.8 Å². The Balaban J connectivity index is 1.89. The quantitative estimate of drug-likeness (QED) is 0.597. The minimum atomic E-state index is -0.766. The predicted molar refractivity (Wildman–Crippen MR) is 109 cm³/mol. The first-order chi connectivity index (χ1) is 14.4. The number of carbonyl (C=O) groups is 2. The molecule has 0 radical (unpaired) electrons. The molecular formula is C22H22N2O6. The van der Waals surface area contributed by atoms with Crippen LogP contribution in [0.15, 0.2) is 45.7 Å². The molecule has 0 aliphatic heterocycles. The third-order valence-electron chi connectivity index (χ3n) is 4.55. The van der Waals surface area contributed by atoms with E-state index in [4.69, 9.17) is 13.9 Å². The Labute approximate surface area is 172 Å². The van der Waals surface area contributed by atoms with Crippen LogP contribution >= 0.6 is 0 Å². The summed E-state index contributed by atoms with van der Waals surface area (Å²) in [6, 6.07) is 8.68. The number of nitrogens with one attached hydrogen (secondary N) is 1. The van der Waals surface area contributed by atoms with Gasteiger partial charge in [-0.1, -0.05) is 19.1 Å². The van der Waals surface area contributed by atoms with Gasteiger partial charge in [-0.25, -0.2) is 4.79 Å². The minimum Gasteiger partial charge on any atom is -0.497 e. The SMILES string of the molecule is CCC(=O)OCc1cnc(C)c2oc(=O)c(C(=O)NCc3cccc(OC)c3)cc12. The van der Waals surface area contributed by atoms with Crippen molar-refractivity contribution < 1.29 is 23.5 Å². The van der Waals surface area contributed by atoms with Crippen molar-refractivity contribution in [3.63, 3.8) is 0 Å². The van der Waals surface area contributed by atoms with Gasteiger partial charge < -0.3 is 19.2 Å². The van der Waals surface area contributed by atoms with Crippen molar-refractivity contribution in [3.8, 4) is 5.75 Å². The number of esters is 1. The van der Waals surface area contributed by atoms with E-state index in [9.17, 15) is 14.4 Å². The summed E-state index contributed by atoms with van der Waals surface area (Å²) in [7, 11) is 1.56. The van der Waals surface area contributed by atoms with Gasteiger partial charge >= 0.3 is 11.6 Å². The van der Waals surface area contributed by atoms with E-state index in [0.717, 1.165) is 5.56 Å². The van der Waals surface area contributed by atoms with E-state index in [1.54, 1.807) is 39.3 Å². The van der Waals surface area contributed by atoms with Gasteiger partial charge in [0.05, 0.1) is 12.8 Å². The van der Waals surface area contributed by atoms with E-state index in [0.29, 0.717) is 22.4 Å². The lowest BCUT2D eigenvalue weighted by Gasteiger charge is -2.10. The van der Waals surface area contributed by atoms with Crippen LogP contribution in [-0.4, -0.2) is 24.0 Å². The summed E-state index contributed by atoms with van der Waals surface area (Å²) in [6.07, 6.45) is 1.78. The fourth-order valence-corrected chi connectivity index (χ4v) is 2.88. The molecule has 156 valence electrons. The Morgan fingerprint density at radius 2 is 2.03 bits per heavy atom. The van der Waals surface area contributed by atoms with Gasteiger partial charge in [0.25, 0.3) is 5.91 Å². The highest BCUT2D eigenvalue weighted by Crippen LogP contribution is 2.21. The van der Waals surface area contributed by atoms with E-state index in [-0.39, 0.29) is 36.7 Å². The third kappa shape index (κ3) is 4.65. The lowest BCUT2D eigenvalue weighted by atomic mass is 10.1. The number of ether oxygens (including phenoxy) is 2. The molecular weight excluding hydrogens is 388 g/mol. The molecule has 3 aromatic rings. The second-order valence-corrected chi connectivity index (χ2v) is 6.61. The van der Waals surface area contributed by atoms with Crippen LogP contribution in [-0.2, 0) is 22.7 Å². The number of aryl methyl sites for hydroxylation is 1. The summed E-state index contributed by atoms with van der Waals surface area (Å²) in [4.78, 5) is 40.7. The number of aromatic nitrogens is 1. The molecule has 0 unspecified atom stereocenters. The van der Waals surface area contributed by atoms with Crippen LogP contribution < -0.4 is 15.7 Å². The number of pyridine rings is 1. The number of carbonyl (C=O) groups excluding carboxylic acids is 2. The molecule has 1 N–H and O–H groups in total. The van der Waals surface area contributed by atoms with Crippen molar-refractivity contribution in [2.24, 2.45) is 0 Å². The van der Waals surface area contributed by atoms with E-state index >= 15 is 0 Å². The summed E-state index contributed by atoms with van der Waals surface area (Å²) < 4.78 is 15.7. The van der Waals surface area contributed by atoms with Gasteiger partial charge in [0.15, 0.2) is 5.58 Å². The summed E-state index contributed by atoms with van der Waals surface area (Å²) in [6.45, 7) is 3.56. The van der Waals surface area contributed by atoms with Crippen molar-refractivity contribution in [3.05, 3.63) is 69.3 Å². The maximum absolute atomic E-state index is 12.6. The van der Waals surface area contributed by atoms with E-state index in [1.165, 1.54) is 6.07 Å². The molecule has 3 rings (SSSR count). The number of hydrogen-bond acceptors (Lipinski definition) is 7. The Hall–Kier alpha value is -3.68. The maximum Gasteiger partial charge on any atom is 0.349 e. The first kappa shape index (κ1) is 21.0. The van der Waals surface area contributed by atoms with Crippen LogP contribution in [0.1, 0.15) is 40.5 Å². The van der Waals surface area contributed by atoms with E-state index < -0.39 is 11.5 Å². The van der Waals surface area contributed by atoms with Crippen molar-refractivity contribution in [1.82, 2.24) is 10.3 Å². The fourth-order valence-electron chi connectivity index (χ4n) is 2.88. The average Bonchev–Trinajstić information content (AvgIpc) is 2.76. The van der Waals surface area contributed by atoms with Crippen molar-refractivity contribution in [2.75, 3.05) is 7.11 Å². The Morgan fingerprint density at radius 1 is 1.23 bits per heavy atom. The van der Waals surface area contributed by atoms with Crippen LogP contribution in [0.3, 0.4) is 0 Å². The number of methoxy groups -OCH3 is 1. The van der Waals surface area contributed by atoms with Crippen LogP contribution in [0.4, 0.5) is 0 Å². The molecule has 0 fully saturated rings. The highest BCUT2D eigenvalue weighted by atomic mass is 16.5. The van der Waals surface area contributed by atoms with E-state index in [2.05, 4.69) is 10.3 Å². The molecule has 1 amide bonds. The predicted octanol–water partition coefficient (Wildman–Crippen LogP) is 2.89. The average molecular weight is 410 g/mol. The van der Waals surface area contributed by atoms with E-state index in [1.807, 2.05) is 12.1 Å².